The van der Waals surface area contributed by atoms with Crippen LogP contribution in [0, 0.1) is 0 Å². The average molecular weight is 298 g/mol. The van der Waals surface area contributed by atoms with Gasteiger partial charge in [0.15, 0.2) is 5.76 Å². The molecule has 2 amide bonds. The molecule has 4 N–H and O–H groups in total. The number of hydrogen-bond donors (Lipinski definition) is 4. The van der Waals surface area contributed by atoms with Gasteiger partial charge in [0.1, 0.15) is 12.1 Å². The number of carbonyl (C=O) groups is 4. The van der Waals surface area contributed by atoms with Crippen LogP contribution in [0.25, 0.3) is 0 Å². The topological polar surface area (TPSA) is 146 Å². The van der Waals surface area contributed by atoms with E-state index in [0.29, 0.717) is 0 Å². The highest BCUT2D eigenvalue weighted by molar-refractivity contribution is 5.96. The first-order valence-electron chi connectivity index (χ1n) is 5.90. The van der Waals surface area contributed by atoms with Crippen LogP contribution >= 0.6 is 0 Å². The van der Waals surface area contributed by atoms with Gasteiger partial charge in [-0.1, -0.05) is 0 Å². The molecule has 1 aromatic heterocycles. The van der Waals surface area contributed by atoms with Crippen molar-refractivity contribution in [3.05, 3.63) is 24.2 Å². The van der Waals surface area contributed by atoms with Crippen molar-refractivity contribution in [3.8, 4) is 0 Å². The highest BCUT2D eigenvalue weighted by atomic mass is 16.4. The second-order valence-corrected chi connectivity index (χ2v) is 4.17. The van der Waals surface area contributed by atoms with Gasteiger partial charge in [-0.05, 0) is 19.1 Å². The van der Waals surface area contributed by atoms with E-state index in [1.165, 1.54) is 25.3 Å². The zero-order chi connectivity index (χ0) is 16.0. The number of furan rings is 1. The number of amides is 2. The summed E-state index contributed by atoms with van der Waals surface area (Å²) in [5.74, 6) is -4.31. The maximum atomic E-state index is 11.7. The number of nitrogens with one attached hydrogen (secondary N) is 2. The van der Waals surface area contributed by atoms with Gasteiger partial charge in [0.25, 0.3) is 5.91 Å². The molecule has 0 aliphatic rings. The van der Waals surface area contributed by atoms with Crippen molar-refractivity contribution in [3.63, 3.8) is 0 Å². The molecule has 0 aliphatic carbocycles. The van der Waals surface area contributed by atoms with Gasteiger partial charge < -0.3 is 25.3 Å². The van der Waals surface area contributed by atoms with Crippen molar-refractivity contribution in [2.24, 2.45) is 0 Å². The number of aliphatic carboxylic acids is 2. The highest BCUT2D eigenvalue weighted by Crippen LogP contribution is 2.00. The minimum atomic E-state index is -1.57. The standard InChI is InChI=1S/C12H14N2O7/c1-6(13-11(18)8-3-2-4-21-8)10(17)14-7(12(19)20)5-9(15)16/h2-4,6-7H,5H2,1H3,(H,13,18)(H,14,17)(H,15,16)(H,19,20). The maximum absolute atomic E-state index is 11.7. The van der Waals surface area contributed by atoms with E-state index in [2.05, 4.69) is 5.32 Å². The molecule has 0 fully saturated rings. The quantitative estimate of drug-likeness (QED) is 0.527. The van der Waals surface area contributed by atoms with Crippen LogP contribution in [0.5, 0.6) is 0 Å². The third-order valence-electron chi connectivity index (χ3n) is 2.48. The van der Waals surface area contributed by atoms with Crippen molar-refractivity contribution >= 4 is 23.8 Å². The largest absolute Gasteiger partial charge is 0.481 e. The maximum Gasteiger partial charge on any atom is 0.326 e. The number of carboxylic acids is 2. The molecule has 2 unspecified atom stereocenters. The Kier molecular flexibility index (Phi) is 5.47. The third kappa shape index (κ3) is 4.97. The summed E-state index contributed by atoms with van der Waals surface area (Å²) in [7, 11) is 0. The lowest BCUT2D eigenvalue weighted by Gasteiger charge is -2.17. The molecule has 0 radical (unpaired) electrons. The van der Waals surface area contributed by atoms with Crippen LogP contribution in [0.4, 0.5) is 0 Å². The van der Waals surface area contributed by atoms with Crippen molar-refractivity contribution < 1.29 is 33.8 Å². The first-order chi connectivity index (χ1) is 9.81. The summed E-state index contributed by atoms with van der Waals surface area (Å²) in [5.41, 5.74) is 0. The molecule has 1 aromatic rings. The lowest BCUT2D eigenvalue weighted by atomic mass is 10.2. The Morgan fingerprint density at radius 3 is 2.38 bits per heavy atom. The molecule has 2 atom stereocenters. The minimum Gasteiger partial charge on any atom is -0.481 e. The second-order valence-electron chi connectivity index (χ2n) is 4.17. The van der Waals surface area contributed by atoms with Crippen LogP contribution in [-0.2, 0) is 14.4 Å². The molecule has 0 bridgehead atoms. The van der Waals surface area contributed by atoms with E-state index in [9.17, 15) is 19.2 Å². The number of rotatable bonds is 7. The SMILES string of the molecule is CC(NC(=O)c1ccco1)C(=O)NC(CC(=O)O)C(=O)O. The van der Waals surface area contributed by atoms with Crippen LogP contribution in [0.1, 0.15) is 23.9 Å². The number of carbonyl (C=O) groups excluding carboxylic acids is 2. The molecule has 9 nitrogen and oxygen atoms in total. The predicted molar refractivity (Wildman–Crippen MR) is 67.5 cm³/mol. The van der Waals surface area contributed by atoms with Gasteiger partial charge >= 0.3 is 11.9 Å². The summed E-state index contributed by atoms with van der Waals surface area (Å²) in [4.78, 5) is 44.7. The zero-order valence-electron chi connectivity index (χ0n) is 11.0. The molecule has 1 heterocycles. The van der Waals surface area contributed by atoms with Crippen molar-refractivity contribution in [2.45, 2.75) is 25.4 Å². The van der Waals surface area contributed by atoms with Gasteiger partial charge in [-0.2, -0.15) is 0 Å². The van der Waals surface area contributed by atoms with Crippen LogP contribution < -0.4 is 10.6 Å². The fourth-order valence-electron chi connectivity index (χ4n) is 1.41. The molecule has 0 aromatic carbocycles. The highest BCUT2D eigenvalue weighted by Gasteiger charge is 2.26. The molecule has 21 heavy (non-hydrogen) atoms. The first-order valence-corrected chi connectivity index (χ1v) is 5.90. The molecular weight excluding hydrogens is 284 g/mol. The Morgan fingerprint density at radius 1 is 1.24 bits per heavy atom. The smallest absolute Gasteiger partial charge is 0.326 e. The van der Waals surface area contributed by atoms with Gasteiger partial charge in [-0.15, -0.1) is 0 Å². The van der Waals surface area contributed by atoms with Crippen LogP contribution in [0.15, 0.2) is 22.8 Å². The second kappa shape index (κ2) is 7.08. The van der Waals surface area contributed by atoms with Crippen LogP contribution in [0.3, 0.4) is 0 Å². The fourth-order valence-corrected chi connectivity index (χ4v) is 1.41. The van der Waals surface area contributed by atoms with E-state index in [-0.39, 0.29) is 5.76 Å². The number of hydrogen-bond acceptors (Lipinski definition) is 5. The summed E-state index contributed by atoms with van der Waals surface area (Å²) >= 11 is 0. The normalized spacial score (nSPS) is 13.0. The fraction of sp³-hybridized carbons (Fsp3) is 0.333. The predicted octanol–water partition coefficient (Wildman–Crippen LogP) is -0.558. The average Bonchev–Trinajstić information content (AvgIpc) is 2.90. The number of carboxylic acid groups (broad SMARTS) is 2. The molecule has 0 spiro atoms. The summed E-state index contributed by atoms with van der Waals surface area (Å²) in [5, 5.41) is 21.7. The van der Waals surface area contributed by atoms with E-state index in [0.717, 1.165) is 0 Å². The Labute approximate surface area is 118 Å². The van der Waals surface area contributed by atoms with E-state index in [1.54, 1.807) is 0 Å². The van der Waals surface area contributed by atoms with Gasteiger partial charge in [0, 0.05) is 0 Å². The summed E-state index contributed by atoms with van der Waals surface area (Å²) in [6.07, 6.45) is 0.521. The first kappa shape index (κ1) is 16.2. The molecule has 9 heteroatoms. The third-order valence-corrected chi connectivity index (χ3v) is 2.48. The van der Waals surface area contributed by atoms with Gasteiger partial charge in [0.05, 0.1) is 12.7 Å². The molecular formula is C12H14N2O7. The Balaban J connectivity index is 2.59. The molecule has 1 rings (SSSR count). The van der Waals surface area contributed by atoms with E-state index < -0.39 is 42.3 Å². The Hall–Kier alpha value is -2.84. The molecule has 0 aliphatic heterocycles. The van der Waals surface area contributed by atoms with Crippen molar-refractivity contribution in [2.75, 3.05) is 0 Å². The van der Waals surface area contributed by atoms with Crippen LogP contribution in [-0.4, -0.2) is 46.0 Å². The Morgan fingerprint density at radius 2 is 1.90 bits per heavy atom. The Bertz CT molecular complexity index is 538. The molecule has 0 saturated heterocycles. The monoisotopic (exact) mass is 298 g/mol. The molecule has 114 valence electrons. The van der Waals surface area contributed by atoms with Gasteiger partial charge in [-0.3, -0.25) is 14.4 Å². The lowest BCUT2D eigenvalue weighted by Crippen LogP contribution is -2.50. The van der Waals surface area contributed by atoms with Crippen molar-refractivity contribution in [1.82, 2.24) is 10.6 Å². The van der Waals surface area contributed by atoms with E-state index in [4.69, 9.17) is 14.6 Å². The summed E-state index contributed by atoms with van der Waals surface area (Å²) < 4.78 is 4.83. The minimum absolute atomic E-state index is 0.00466. The summed E-state index contributed by atoms with van der Waals surface area (Å²) in [6.45, 7) is 1.33. The lowest BCUT2D eigenvalue weighted by molar-refractivity contribution is -0.147. The van der Waals surface area contributed by atoms with Crippen LogP contribution in [0.2, 0.25) is 0 Å². The molecule has 0 saturated carbocycles. The van der Waals surface area contributed by atoms with Gasteiger partial charge in [-0.25, -0.2) is 4.79 Å². The van der Waals surface area contributed by atoms with E-state index in [1.807, 2.05) is 5.32 Å². The zero-order valence-corrected chi connectivity index (χ0v) is 11.0. The summed E-state index contributed by atoms with van der Waals surface area (Å²) in [6, 6.07) is 0.258. The van der Waals surface area contributed by atoms with E-state index >= 15 is 0 Å². The van der Waals surface area contributed by atoms with Crippen molar-refractivity contribution in [1.29, 1.82) is 0 Å². The van der Waals surface area contributed by atoms with Gasteiger partial charge in [0.2, 0.25) is 5.91 Å².